The van der Waals surface area contributed by atoms with E-state index in [1.165, 1.54) is 5.56 Å². The molecule has 112 valence electrons. The van der Waals surface area contributed by atoms with Gasteiger partial charge in [0.15, 0.2) is 0 Å². The first-order valence-corrected chi connectivity index (χ1v) is 6.89. The standard InChI is InChI=1S/C11H22O2.C6H4O/c1-9(2,3)11(7,8(12)13)10(4,5)6;7-6-2-1-4-3-5(4)6/h1-7H3,(H,12,13);1-3,7H. The van der Waals surface area contributed by atoms with E-state index in [0.717, 1.165) is 5.56 Å². The van der Waals surface area contributed by atoms with E-state index in [1.807, 2.05) is 60.6 Å². The van der Waals surface area contributed by atoms with E-state index in [0.29, 0.717) is 5.75 Å². The zero-order valence-electron chi connectivity index (χ0n) is 13.5. The molecule has 2 aliphatic carbocycles. The molecule has 20 heavy (non-hydrogen) atoms. The number of carbonyl (C=O) groups is 1. The summed E-state index contributed by atoms with van der Waals surface area (Å²) in [7, 11) is 0. The number of benzene rings is 1. The molecule has 0 radical (unpaired) electrons. The molecule has 2 rings (SSSR count). The van der Waals surface area contributed by atoms with Crippen molar-refractivity contribution in [2.75, 3.05) is 0 Å². The average Bonchev–Trinajstić information content (AvgIpc) is 2.94. The monoisotopic (exact) mass is 278 g/mol. The van der Waals surface area contributed by atoms with Crippen LogP contribution in [0.5, 0.6) is 5.75 Å². The summed E-state index contributed by atoms with van der Waals surface area (Å²) in [6.45, 7) is 13.7. The maximum absolute atomic E-state index is 11.3. The van der Waals surface area contributed by atoms with Crippen LogP contribution in [0.3, 0.4) is 0 Å². The van der Waals surface area contributed by atoms with Crippen LogP contribution in [0.2, 0.25) is 0 Å². The summed E-state index contributed by atoms with van der Waals surface area (Å²) in [5.41, 5.74) is 1.03. The van der Waals surface area contributed by atoms with Gasteiger partial charge in [0.1, 0.15) is 5.75 Å². The predicted molar refractivity (Wildman–Crippen MR) is 81.8 cm³/mol. The van der Waals surface area contributed by atoms with Gasteiger partial charge in [0.05, 0.1) is 5.41 Å². The van der Waals surface area contributed by atoms with E-state index < -0.39 is 11.4 Å². The number of carboxylic acid groups (broad SMARTS) is 1. The van der Waals surface area contributed by atoms with Gasteiger partial charge in [-0.2, -0.15) is 0 Å². The third kappa shape index (κ3) is 2.82. The summed E-state index contributed by atoms with van der Waals surface area (Å²) < 4.78 is 0. The maximum Gasteiger partial charge on any atom is 0.310 e. The van der Waals surface area contributed by atoms with Crippen molar-refractivity contribution in [1.29, 1.82) is 0 Å². The molecular weight excluding hydrogens is 252 g/mol. The van der Waals surface area contributed by atoms with Crippen LogP contribution >= 0.6 is 0 Å². The van der Waals surface area contributed by atoms with Crippen molar-refractivity contribution < 1.29 is 15.0 Å². The zero-order valence-corrected chi connectivity index (χ0v) is 13.5. The lowest BCUT2D eigenvalue weighted by Gasteiger charge is -2.47. The number of hydrogen-bond acceptors (Lipinski definition) is 2. The fourth-order valence-corrected chi connectivity index (χ4v) is 2.50. The Labute approximate surface area is 121 Å². The lowest BCUT2D eigenvalue weighted by atomic mass is 9.55. The Morgan fingerprint density at radius 2 is 1.40 bits per heavy atom. The molecule has 0 atom stereocenters. The molecule has 0 aromatic heterocycles. The Morgan fingerprint density at radius 3 is 1.45 bits per heavy atom. The smallest absolute Gasteiger partial charge is 0.310 e. The Balaban J connectivity index is 0.000000233. The number of rotatable bonds is 1. The first-order chi connectivity index (χ1) is 8.82. The van der Waals surface area contributed by atoms with Gasteiger partial charge in [0, 0.05) is 5.56 Å². The van der Waals surface area contributed by atoms with Crippen molar-refractivity contribution in [1.82, 2.24) is 0 Å². The summed E-state index contributed by atoms with van der Waals surface area (Å²) in [6, 6.07) is 5.57. The van der Waals surface area contributed by atoms with Crippen molar-refractivity contribution in [2.24, 2.45) is 16.2 Å². The minimum Gasteiger partial charge on any atom is -0.507 e. The van der Waals surface area contributed by atoms with E-state index >= 15 is 0 Å². The fourth-order valence-electron chi connectivity index (χ4n) is 2.50. The quantitative estimate of drug-likeness (QED) is 0.805. The van der Waals surface area contributed by atoms with Crippen molar-refractivity contribution in [2.45, 2.75) is 48.5 Å². The van der Waals surface area contributed by atoms with Crippen LogP contribution in [0, 0.1) is 16.2 Å². The SMILES string of the molecule is CC(C)(C)C(C)(C(=O)O)C(C)(C)C.Oc1ccc2cc1-2. The molecule has 0 aliphatic heterocycles. The lowest BCUT2D eigenvalue weighted by molar-refractivity contribution is -0.165. The highest BCUT2D eigenvalue weighted by molar-refractivity contribution is 5.86. The van der Waals surface area contributed by atoms with Gasteiger partial charge < -0.3 is 10.2 Å². The largest absolute Gasteiger partial charge is 0.507 e. The number of fused-ring (bicyclic) bond motifs is 1. The number of hydrogen-bond donors (Lipinski definition) is 2. The van der Waals surface area contributed by atoms with Crippen molar-refractivity contribution in [3.8, 4) is 16.9 Å². The van der Waals surface area contributed by atoms with Crippen LogP contribution < -0.4 is 0 Å². The highest BCUT2D eigenvalue weighted by Gasteiger charge is 2.52. The van der Waals surface area contributed by atoms with Gasteiger partial charge in [-0.15, -0.1) is 0 Å². The Morgan fingerprint density at radius 1 is 0.950 bits per heavy atom. The number of aromatic hydroxyl groups is 1. The van der Waals surface area contributed by atoms with Crippen molar-refractivity contribution >= 4 is 5.97 Å². The van der Waals surface area contributed by atoms with E-state index in [2.05, 4.69) is 0 Å². The van der Waals surface area contributed by atoms with E-state index in [-0.39, 0.29) is 10.8 Å². The number of aliphatic carboxylic acids is 1. The molecule has 0 amide bonds. The normalized spacial score (nSPS) is 13.3. The first kappa shape index (κ1) is 16.5. The summed E-state index contributed by atoms with van der Waals surface area (Å²) in [4.78, 5) is 11.3. The minimum absolute atomic E-state index is 0.239. The molecule has 0 fully saturated rings. The molecule has 0 bridgehead atoms. The minimum atomic E-state index is -0.715. The number of phenols is 1. The van der Waals surface area contributed by atoms with E-state index in [1.54, 1.807) is 6.07 Å². The second-order valence-corrected chi connectivity index (χ2v) is 7.66. The Bertz CT molecular complexity index is 502. The lowest BCUT2D eigenvalue weighted by Crippen LogP contribution is -2.49. The molecule has 0 aromatic rings. The molecule has 0 spiro atoms. The molecule has 0 saturated carbocycles. The van der Waals surface area contributed by atoms with Crippen LogP contribution in [0.1, 0.15) is 48.5 Å². The van der Waals surface area contributed by atoms with Gasteiger partial charge in [0.2, 0.25) is 0 Å². The highest BCUT2D eigenvalue weighted by atomic mass is 16.4. The van der Waals surface area contributed by atoms with Gasteiger partial charge in [0.25, 0.3) is 0 Å². The first-order valence-electron chi connectivity index (χ1n) is 6.89. The summed E-state index contributed by atoms with van der Waals surface area (Å²) in [5.74, 6) is -0.289. The Hall–Kier alpha value is -1.51. The van der Waals surface area contributed by atoms with Crippen LogP contribution in [0.15, 0.2) is 18.2 Å². The zero-order chi connectivity index (χ0) is 15.9. The van der Waals surface area contributed by atoms with Gasteiger partial charge in [-0.25, -0.2) is 0 Å². The average molecular weight is 278 g/mol. The highest BCUT2D eigenvalue weighted by Crippen LogP contribution is 2.51. The third-order valence-electron chi connectivity index (χ3n) is 4.65. The molecule has 0 saturated heterocycles. The van der Waals surface area contributed by atoms with Crippen LogP contribution in [0.4, 0.5) is 0 Å². The molecular formula is C17H26O3. The van der Waals surface area contributed by atoms with Gasteiger partial charge >= 0.3 is 5.97 Å². The topological polar surface area (TPSA) is 57.5 Å². The second-order valence-electron chi connectivity index (χ2n) is 7.66. The molecule has 0 heterocycles. The molecule has 0 aromatic carbocycles. The summed E-state index contributed by atoms with van der Waals surface area (Å²) >= 11 is 0. The van der Waals surface area contributed by atoms with E-state index in [9.17, 15) is 9.90 Å². The van der Waals surface area contributed by atoms with Gasteiger partial charge in [-0.1, -0.05) is 47.6 Å². The number of phenolic OH excluding ortho intramolecular Hbond substituents is 1. The van der Waals surface area contributed by atoms with Crippen LogP contribution in [-0.2, 0) is 4.79 Å². The van der Waals surface area contributed by atoms with Crippen LogP contribution in [-0.4, -0.2) is 16.2 Å². The van der Waals surface area contributed by atoms with E-state index in [4.69, 9.17) is 5.11 Å². The van der Waals surface area contributed by atoms with Crippen LogP contribution in [0.25, 0.3) is 11.1 Å². The Kier molecular flexibility index (Phi) is 3.97. The van der Waals surface area contributed by atoms with Gasteiger partial charge in [-0.05, 0) is 35.4 Å². The van der Waals surface area contributed by atoms with Crippen molar-refractivity contribution in [3.63, 3.8) is 0 Å². The van der Waals surface area contributed by atoms with Crippen molar-refractivity contribution in [3.05, 3.63) is 18.2 Å². The maximum atomic E-state index is 11.3. The fraction of sp³-hybridized carbons (Fsp3) is 0.588. The van der Waals surface area contributed by atoms with Gasteiger partial charge in [-0.3, -0.25) is 4.79 Å². The predicted octanol–water partition coefficient (Wildman–Crippen LogP) is 4.54. The summed E-state index contributed by atoms with van der Waals surface area (Å²) in [6.07, 6.45) is 0. The summed E-state index contributed by atoms with van der Waals surface area (Å²) in [5, 5.41) is 18.1. The molecule has 3 nitrogen and oxygen atoms in total. The number of carboxylic acids is 1. The molecule has 2 aliphatic rings. The molecule has 2 N–H and O–H groups in total. The third-order valence-corrected chi connectivity index (χ3v) is 4.65. The molecule has 0 unspecified atom stereocenters. The molecule has 3 heteroatoms. The second kappa shape index (κ2) is 4.80.